The molecule has 0 aliphatic heterocycles. The van der Waals surface area contributed by atoms with Gasteiger partial charge < -0.3 is 5.32 Å². The van der Waals surface area contributed by atoms with Crippen molar-refractivity contribution in [2.75, 3.05) is 5.32 Å². The molecule has 1 heterocycles. The van der Waals surface area contributed by atoms with Gasteiger partial charge in [0.25, 0.3) is 0 Å². The molecule has 0 spiro atoms. The number of aryl methyl sites for hydroxylation is 1. The van der Waals surface area contributed by atoms with Gasteiger partial charge in [0, 0.05) is 27.9 Å². The van der Waals surface area contributed by atoms with E-state index in [0.717, 1.165) is 19.9 Å². The van der Waals surface area contributed by atoms with Crippen molar-refractivity contribution in [2.24, 2.45) is 0 Å². The van der Waals surface area contributed by atoms with Crippen molar-refractivity contribution in [3.63, 3.8) is 0 Å². The van der Waals surface area contributed by atoms with Crippen LogP contribution in [0.4, 0.5) is 5.69 Å². The van der Waals surface area contributed by atoms with Gasteiger partial charge >= 0.3 is 0 Å². The van der Waals surface area contributed by atoms with E-state index in [0.29, 0.717) is 0 Å². The number of rotatable bonds is 5. The third-order valence-corrected chi connectivity index (χ3v) is 4.29. The van der Waals surface area contributed by atoms with Crippen molar-refractivity contribution >= 4 is 44.6 Å². The number of halogens is 1. The van der Waals surface area contributed by atoms with Gasteiger partial charge in [-0.1, -0.05) is 15.9 Å². The second-order valence-corrected chi connectivity index (χ2v) is 6.59. The number of carbonyl (C=O) groups is 2. The number of hydrogen-bond donors (Lipinski definition) is 1. The fraction of sp³-hybridized carbons (Fsp3) is 0.200. The quantitative estimate of drug-likeness (QED) is 0.810. The van der Waals surface area contributed by atoms with Gasteiger partial charge in [-0.3, -0.25) is 9.59 Å². The molecule has 1 aromatic heterocycles. The summed E-state index contributed by atoms with van der Waals surface area (Å²) in [5, 5.41) is 2.77. The lowest BCUT2D eigenvalue weighted by atomic mass is 10.2. The first-order chi connectivity index (χ1) is 9.54. The van der Waals surface area contributed by atoms with Crippen molar-refractivity contribution in [1.29, 1.82) is 0 Å². The molecule has 1 amide bonds. The lowest BCUT2D eigenvalue weighted by molar-refractivity contribution is -0.116. The molecule has 0 unspecified atom stereocenters. The molecule has 0 atom stereocenters. The standard InChI is InChI=1S/C15H14BrNO2S/c1-10-2-8-14(20-10)13(18)7-9-15(19)17-12-5-3-11(16)4-6-12/h2-6,8H,7,9H2,1H3,(H,17,19). The summed E-state index contributed by atoms with van der Waals surface area (Å²) in [7, 11) is 0. The largest absolute Gasteiger partial charge is 0.326 e. The van der Waals surface area contributed by atoms with Gasteiger partial charge in [-0.05, 0) is 43.3 Å². The van der Waals surface area contributed by atoms with E-state index in [1.54, 1.807) is 0 Å². The van der Waals surface area contributed by atoms with Crippen LogP contribution in [0.5, 0.6) is 0 Å². The lowest BCUT2D eigenvalue weighted by Crippen LogP contribution is -2.13. The third-order valence-electron chi connectivity index (χ3n) is 2.72. The molecule has 5 heteroatoms. The van der Waals surface area contributed by atoms with Crippen LogP contribution in [-0.2, 0) is 4.79 Å². The summed E-state index contributed by atoms with van der Waals surface area (Å²) < 4.78 is 0.957. The van der Waals surface area contributed by atoms with Crippen molar-refractivity contribution in [3.05, 3.63) is 50.6 Å². The van der Waals surface area contributed by atoms with E-state index < -0.39 is 0 Å². The van der Waals surface area contributed by atoms with Crippen LogP contribution in [0.25, 0.3) is 0 Å². The molecule has 1 aromatic carbocycles. The Labute approximate surface area is 130 Å². The Morgan fingerprint density at radius 3 is 2.40 bits per heavy atom. The average molecular weight is 352 g/mol. The summed E-state index contributed by atoms with van der Waals surface area (Å²) in [6.45, 7) is 1.96. The number of amides is 1. The Kier molecular flexibility index (Phi) is 5.09. The predicted octanol–water partition coefficient (Wildman–Crippen LogP) is 4.42. The number of hydrogen-bond acceptors (Lipinski definition) is 3. The molecule has 0 saturated carbocycles. The molecule has 2 rings (SSSR count). The smallest absolute Gasteiger partial charge is 0.224 e. The average Bonchev–Trinajstić information content (AvgIpc) is 2.85. The maximum absolute atomic E-state index is 11.9. The highest BCUT2D eigenvalue weighted by molar-refractivity contribution is 9.10. The SMILES string of the molecule is Cc1ccc(C(=O)CCC(=O)Nc2ccc(Br)cc2)s1. The Balaban J connectivity index is 1.83. The van der Waals surface area contributed by atoms with Crippen molar-refractivity contribution < 1.29 is 9.59 Å². The zero-order valence-corrected chi connectivity index (χ0v) is 13.4. The van der Waals surface area contributed by atoms with Gasteiger partial charge in [0.1, 0.15) is 0 Å². The fourth-order valence-electron chi connectivity index (χ4n) is 1.69. The van der Waals surface area contributed by atoms with Gasteiger partial charge in [0.05, 0.1) is 4.88 Å². The Morgan fingerprint density at radius 2 is 1.80 bits per heavy atom. The zero-order chi connectivity index (χ0) is 14.5. The highest BCUT2D eigenvalue weighted by Crippen LogP contribution is 2.18. The van der Waals surface area contributed by atoms with Gasteiger partial charge in [-0.25, -0.2) is 0 Å². The van der Waals surface area contributed by atoms with E-state index in [1.807, 2.05) is 43.3 Å². The van der Waals surface area contributed by atoms with E-state index in [9.17, 15) is 9.59 Å². The first-order valence-corrected chi connectivity index (χ1v) is 7.80. The van der Waals surface area contributed by atoms with Crippen molar-refractivity contribution in [3.8, 4) is 0 Å². The summed E-state index contributed by atoms with van der Waals surface area (Å²) >= 11 is 4.80. The van der Waals surface area contributed by atoms with Crippen molar-refractivity contribution in [2.45, 2.75) is 19.8 Å². The first-order valence-electron chi connectivity index (χ1n) is 6.19. The van der Waals surface area contributed by atoms with Crippen molar-refractivity contribution in [1.82, 2.24) is 0 Å². The Hall–Kier alpha value is -1.46. The summed E-state index contributed by atoms with van der Waals surface area (Å²) in [6.07, 6.45) is 0.439. The summed E-state index contributed by atoms with van der Waals surface area (Å²) in [5.74, 6) is -0.122. The summed E-state index contributed by atoms with van der Waals surface area (Å²) in [6, 6.07) is 11.1. The van der Waals surface area contributed by atoms with Gasteiger partial charge in [-0.15, -0.1) is 11.3 Å². The molecule has 0 bridgehead atoms. The molecule has 0 fully saturated rings. The number of Topliss-reactive ketones (excluding diaryl/α,β-unsaturated/α-hetero) is 1. The molecule has 0 radical (unpaired) electrons. The third kappa shape index (κ3) is 4.28. The Bertz CT molecular complexity index is 619. The minimum Gasteiger partial charge on any atom is -0.326 e. The second kappa shape index (κ2) is 6.81. The highest BCUT2D eigenvalue weighted by atomic mass is 79.9. The van der Waals surface area contributed by atoms with E-state index in [4.69, 9.17) is 0 Å². The fourth-order valence-corrected chi connectivity index (χ4v) is 2.79. The van der Waals surface area contributed by atoms with Crippen LogP contribution in [-0.4, -0.2) is 11.7 Å². The number of thiophene rings is 1. The number of nitrogens with one attached hydrogen (secondary N) is 1. The monoisotopic (exact) mass is 351 g/mol. The van der Waals surface area contributed by atoms with Gasteiger partial charge in [-0.2, -0.15) is 0 Å². The minimum absolute atomic E-state index is 0.0223. The molecule has 0 aliphatic carbocycles. The van der Waals surface area contributed by atoms with Crippen LogP contribution in [0.1, 0.15) is 27.4 Å². The van der Waals surface area contributed by atoms with Gasteiger partial charge in [0.2, 0.25) is 5.91 Å². The molecule has 20 heavy (non-hydrogen) atoms. The minimum atomic E-state index is -0.144. The second-order valence-electron chi connectivity index (χ2n) is 4.39. The number of ketones is 1. The first kappa shape index (κ1) is 14.9. The van der Waals surface area contributed by atoms with Crippen LogP contribution in [0.2, 0.25) is 0 Å². The highest BCUT2D eigenvalue weighted by Gasteiger charge is 2.11. The molecule has 104 valence electrons. The molecule has 2 aromatic rings. The van der Waals surface area contributed by atoms with Crippen LogP contribution in [0.3, 0.4) is 0 Å². The number of carbonyl (C=O) groups excluding carboxylic acids is 2. The molecule has 3 nitrogen and oxygen atoms in total. The maximum Gasteiger partial charge on any atom is 0.224 e. The Morgan fingerprint density at radius 1 is 1.10 bits per heavy atom. The van der Waals surface area contributed by atoms with Crippen LogP contribution in [0.15, 0.2) is 40.9 Å². The van der Waals surface area contributed by atoms with E-state index in [-0.39, 0.29) is 24.5 Å². The van der Waals surface area contributed by atoms with Crippen LogP contribution >= 0.6 is 27.3 Å². The lowest BCUT2D eigenvalue weighted by Gasteiger charge is -2.04. The number of benzene rings is 1. The number of anilines is 1. The molecular weight excluding hydrogens is 338 g/mol. The summed E-state index contributed by atoms with van der Waals surface area (Å²) in [5.41, 5.74) is 0.734. The topological polar surface area (TPSA) is 46.2 Å². The summed E-state index contributed by atoms with van der Waals surface area (Å²) in [4.78, 5) is 25.5. The molecule has 0 aliphatic rings. The van der Waals surface area contributed by atoms with Crippen LogP contribution < -0.4 is 5.32 Å². The van der Waals surface area contributed by atoms with E-state index >= 15 is 0 Å². The maximum atomic E-state index is 11.9. The van der Waals surface area contributed by atoms with Gasteiger partial charge in [0.15, 0.2) is 5.78 Å². The zero-order valence-electron chi connectivity index (χ0n) is 11.0. The molecule has 1 N–H and O–H groups in total. The molecular formula is C15H14BrNO2S. The van der Waals surface area contributed by atoms with Crippen LogP contribution in [0, 0.1) is 6.92 Å². The normalized spacial score (nSPS) is 10.3. The molecule has 0 saturated heterocycles. The van der Waals surface area contributed by atoms with E-state index in [2.05, 4.69) is 21.2 Å². The van der Waals surface area contributed by atoms with E-state index in [1.165, 1.54) is 11.3 Å². The predicted molar refractivity (Wildman–Crippen MR) is 85.4 cm³/mol.